The third-order valence-electron chi connectivity index (χ3n) is 3.52. The van der Waals surface area contributed by atoms with Crippen LogP contribution in [0.5, 0.6) is 0 Å². The Morgan fingerprint density at radius 3 is 2.54 bits per heavy atom. The molecule has 7 nitrogen and oxygen atoms in total. The van der Waals surface area contributed by atoms with E-state index in [1.807, 2.05) is 0 Å². The van der Waals surface area contributed by atoms with Gasteiger partial charge in [0.1, 0.15) is 5.82 Å². The van der Waals surface area contributed by atoms with Gasteiger partial charge in [-0.25, -0.2) is 9.18 Å². The Hall–Kier alpha value is -3.16. The van der Waals surface area contributed by atoms with E-state index in [9.17, 15) is 18.8 Å². The highest BCUT2D eigenvalue weighted by molar-refractivity contribution is 5.90. The summed E-state index contributed by atoms with van der Waals surface area (Å²) in [5, 5.41) is 2.65. The Morgan fingerprint density at radius 2 is 1.92 bits per heavy atom. The van der Waals surface area contributed by atoms with Crippen LogP contribution in [0, 0.1) is 5.82 Å². The van der Waals surface area contributed by atoms with E-state index in [4.69, 9.17) is 9.15 Å². The maximum atomic E-state index is 12.8. The van der Waals surface area contributed by atoms with Crippen molar-refractivity contribution in [3.63, 3.8) is 0 Å². The van der Waals surface area contributed by atoms with Crippen LogP contribution >= 0.6 is 0 Å². The SMILES string of the molecule is CCN(CC(=O)NCc1ccc(F)cc1)C(=O)COC(=O)c1ccco1. The van der Waals surface area contributed by atoms with Gasteiger partial charge >= 0.3 is 5.97 Å². The number of hydrogen-bond donors (Lipinski definition) is 1. The third-order valence-corrected chi connectivity index (χ3v) is 3.52. The van der Waals surface area contributed by atoms with Gasteiger partial charge in [0.2, 0.25) is 11.7 Å². The minimum absolute atomic E-state index is 0.00195. The maximum Gasteiger partial charge on any atom is 0.374 e. The van der Waals surface area contributed by atoms with Crippen molar-refractivity contribution in [2.75, 3.05) is 19.7 Å². The minimum Gasteiger partial charge on any atom is -0.457 e. The summed E-state index contributed by atoms with van der Waals surface area (Å²) in [7, 11) is 0. The zero-order valence-corrected chi connectivity index (χ0v) is 14.2. The van der Waals surface area contributed by atoms with Crippen LogP contribution < -0.4 is 5.32 Å². The smallest absolute Gasteiger partial charge is 0.374 e. The summed E-state index contributed by atoms with van der Waals surface area (Å²) in [4.78, 5) is 37.0. The molecule has 0 fully saturated rings. The number of amides is 2. The molecule has 138 valence electrons. The van der Waals surface area contributed by atoms with Crippen molar-refractivity contribution in [3.8, 4) is 0 Å². The van der Waals surface area contributed by atoms with Crippen molar-refractivity contribution < 1.29 is 27.9 Å². The summed E-state index contributed by atoms with van der Waals surface area (Å²) < 4.78 is 22.6. The number of halogens is 1. The highest BCUT2D eigenvalue weighted by Crippen LogP contribution is 2.04. The zero-order valence-electron chi connectivity index (χ0n) is 14.2. The predicted octanol–water partition coefficient (Wildman–Crippen LogP) is 1.74. The second-order valence-electron chi connectivity index (χ2n) is 5.36. The average Bonchev–Trinajstić information content (AvgIpc) is 3.18. The van der Waals surface area contributed by atoms with Gasteiger partial charge in [0.05, 0.1) is 12.8 Å². The van der Waals surface area contributed by atoms with E-state index in [0.29, 0.717) is 0 Å². The highest BCUT2D eigenvalue weighted by Gasteiger charge is 2.18. The van der Waals surface area contributed by atoms with Crippen molar-refractivity contribution >= 4 is 17.8 Å². The van der Waals surface area contributed by atoms with Crippen LogP contribution in [0.2, 0.25) is 0 Å². The topological polar surface area (TPSA) is 88.9 Å². The Kier molecular flexibility index (Phi) is 6.90. The van der Waals surface area contributed by atoms with Gasteiger partial charge in [-0.05, 0) is 36.8 Å². The second kappa shape index (κ2) is 9.36. The lowest BCUT2D eigenvalue weighted by atomic mass is 10.2. The van der Waals surface area contributed by atoms with Gasteiger partial charge in [0, 0.05) is 13.1 Å². The third kappa shape index (κ3) is 5.73. The molecular weight excluding hydrogens is 343 g/mol. The molecule has 1 heterocycles. The zero-order chi connectivity index (χ0) is 18.9. The summed E-state index contributed by atoms with van der Waals surface area (Å²) in [6, 6.07) is 8.68. The van der Waals surface area contributed by atoms with E-state index in [-0.39, 0.29) is 37.1 Å². The van der Waals surface area contributed by atoms with Crippen molar-refractivity contribution in [2.24, 2.45) is 0 Å². The van der Waals surface area contributed by atoms with Crippen LogP contribution in [0.3, 0.4) is 0 Å². The molecule has 0 aliphatic carbocycles. The number of benzene rings is 1. The highest BCUT2D eigenvalue weighted by atomic mass is 19.1. The van der Waals surface area contributed by atoms with Crippen LogP contribution in [0.4, 0.5) is 4.39 Å². The Balaban J connectivity index is 1.77. The van der Waals surface area contributed by atoms with Crippen LogP contribution in [-0.4, -0.2) is 42.4 Å². The van der Waals surface area contributed by atoms with E-state index < -0.39 is 18.5 Å². The molecular formula is C18H19FN2O5. The van der Waals surface area contributed by atoms with E-state index in [1.165, 1.54) is 35.4 Å². The molecule has 0 saturated carbocycles. The number of furan rings is 1. The number of carbonyl (C=O) groups is 3. The molecule has 0 unspecified atom stereocenters. The van der Waals surface area contributed by atoms with Gasteiger partial charge in [-0.1, -0.05) is 12.1 Å². The monoisotopic (exact) mass is 362 g/mol. The Labute approximate surface area is 149 Å². The van der Waals surface area contributed by atoms with Gasteiger partial charge in [-0.2, -0.15) is 0 Å². The molecule has 0 bridgehead atoms. The van der Waals surface area contributed by atoms with E-state index in [1.54, 1.807) is 19.1 Å². The normalized spacial score (nSPS) is 10.2. The molecule has 2 amide bonds. The average molecular weight is 362 g/mol. The first-order chi connectivity index (χ1) is 12.5. The Morgan fingerprint density at radius 1 is 1.19 bits per heavy atom. The van der Waals surface area contributed by atoms with Crippen molar-refractivity contribution in [2.45, 2.75) is 13.5 Å². The molecule has 0 atom stereocenters. The lowest BCUT2D eigenvalue weighted by Crippen LogP contribution is -2.42. The maximum absolute atomic E-state index is 12.8. The predicted molar refractivity (Wildman–Crippen MR) is 89.5 cm³/mol. The molecule has 26 heavy (non-hydrogen) atoms. The number of nitrogens with one attached hydrogen (secondary N) is 1. The molecule has 1 N–H and O–H groups in total. The molecule has 1 aromatic heterocycles. The molecule has 0 radical (unpaired) electrons. The van der Waals surface area contributed by atoms with Crippen LogP contribution in [-0.2, 0) is 20.9 Å². The van der Waals surface area contributed by atoms with E-state index in [2.05, 4.69) is 5.32 Å². The molecule has 2 rings (SSSR count). The lowest BCUT2D eigenvalue weighted by molar-refractivity contribution is -0.138. The van der Waals surface area contributed by atoms with Gasteiger partial charge in [0.25, 0.3) is 5.91 Å². The fraction of sp³-hybridized carbons (Fsp3) is 0.278. The standard InChI is InChI=1S/C18H19FN2O5/c1-2-21(17(23)12-26-18(24)15-4-3-9-25-15)11-16(22)20-10-13-5-7-14(19)8-6-13/h3-9H,2,10-12H2,1H3,(H,20,22). The lowest BCUT2D eigenvalue weighted by Gasteiger charge is -2.20. The molecule has 0 spiro atoms. The van der Waals surface area contributed by atoms with Crippen molar-refractivity contribution in [1.29, 1.82) is 0 Å². The first-order valence-corrected chi connectivity index (χ1v) is 7.99. The molecule has 0 aliphatic heterocycles. The fourth-order valence-corrected chi connectivity index (χ4v) is 2.09. The largest absolute Gasteiger partial charge is 0.457 e. The van der Waals surface area contributed by atoms with E-state index in [0.717, 1.165) is 5.56 Å². The van der Waals surface area contributed by atoms with E-state index >= 15 is 0 Å². The number of esters is 1. The minimum atomic E-state index is -0.750. The van der Waals surface area contributed by atoms with Crippen LogP contribution in [0.15, 0.2) is 47.1 Å². The molecule has 1 aromatic carbocycles. The summed E-state index contributed by atoms with van der Waals surface area (Å²) in [6.45, 7) is 1.55. The molecule has 2 aromatic rings. The van der Waals surface area contributed by atoms with Gasteiger partial charge in [-0.3, -0.25) is 9.59 Å². The summed E-state index contributed by atoms with van der Waals surface area (Å²) in [5.41, 5.74) is 0.738. The quantitative estimate of drug-likeness (QED) is 0.723. The Bertz CT molecular complexity index is 743. The molecule has 0 aliphatic rings. The number of carbonyl (C=O) groups excluding carboxylic acids is 3. The summed E-state index contributed by atoms with van der Waals surface area (Å²) in [5.74, 6) is -1.98. The molecule has 8 heteroatoms. The second-order valence-corrected chi connectivity index (χ2v) is 5.36. The number of nitrogens with zero attached hydrogens (tertiary/aromatic N) is 1. The van der Waals surface area contributed by atoms with Crippen molar-refractivity contribution in [1.82, 2.24) is 10.2 Å². The molecule has 0 saturated heterocycles. The summed E-state index contributed by atoms with van der Waals surface area (Å²) in [6.07, 6.45) is 1.32. The van der Waals surface area contributed by atoms with Gasteiger partial charge in [-0.15, -0.1) is 0 Å². The first-order valence-electron chi connectivity index (χ1n) is 7.99. The number of hydrogen-bond acceptors (Lipinski definition) is 5. The number of ether oxygens (including phenoxy) is 1. The van der Waals surface area contributed by atoms with Gasteiger partial charge in [0.15, 0.2) is 6.61 Å². The number of likely N-dealkylation sites (N-methyl/N-ethyl adjacent to an activating group) is 1. The van der Waals surface area contributed by atoms with Gasteiger partial charge < -0.3 is 19.4 Å². The number of rotatable bonds is 8. The van der Waals surface area contributed by atoms with Crippen LogP contribution in [0.25, 0.3) is 0 Å². The van der Waals surface area contributed by atoms with Crippen molar-refractivity contribution in [3.05, 3.63) is 59.8 Å². The first kappa shape index (κ1) is 19.2. The summed E-state index contributed by atoms with van der Waals surface area (Å²) >= 11 is 0. The fourth-order valence-electron chi connectivity index (χ4n) is 2.09. The van der Waals surface area contributed by atoms with Crippen LogP contribution in [0.1, 0.15) is 23.0 Å².